The number of rotatable bonds is 3. The van der Waals surface area contributed by atoms with Crippen molar-refractivity contribution in [3.63, 3.8) is 0 Å². The van der Waals surface area contributed by atoms with E-state index in [4.69, 9.17) is 5.73 Å². The van der Waals surface area contributed by atoms with Gasteiger partial charge in [0, 0.05) is 18.2 Å². The first-order chi connectivity index (χ1) is 9.00. The Kier molecular flexibility index (Phi) is 3.94. The predicted molar refractivity (Wildman–Crippen MR) is 66.9 cm³/mol. The molecule has 0 aromatic heterocycles. The SMILES string of the molecule is NC1CCCCC1Nc1c([N+](=O)[O-])ccc(F)c1F. The van der Waals surface area contributed by atoms with Crippen LogP contribution in [0.2, 0.25) is 0 Å². The molecule has 0 saturated heterocycles. The maximum absolute atomic E-state index is 13.7. The van der Waals surface area contributed by atoms with Gasteiger partial charge in [-0.15, -0.1) is 0 Å². The van der Waals surface area contributed by atoms with Crippen molar-refractivity contribution in [1.29, 1.82) is 0 Å². The van der Waals surface area contributed by atoms with Crippen molar-refractivity contribution in [1.82, 2.24) is 0 Å². The van der Waals surface area contributed by atoms with E-state index in [1.165, 1.54) is 0 Å². The number of halogens is 2. The van der Waals surface area contributed by atoms with Crippen LogP contribution in [-0.2, 0) is 0 Å². The van der Waals surface area contributed by atoms with E-state index in [9.17, 15) is 18.9 Å². The van der Waals surface area contributed by atoms with Crippen molar-refractivity contribution in [2.24, 2.45) is 5.73 Å². The number of hydrogen-bond donors (Lipinski definition) is 2. The Labute approximate surface area is 108 Å². The quantitative estimate of drug-likeness (QED) is 0.654. The Balaban J connectivity index is 2.32. The zero-order chi connectivity index (χ0) is 14.0. The van der Waals surface area contributed by atoms with Gasteiger partial charge in [0.2, 0.25) is 0 Å². The second kappa shape index (κ2) is 5.48. The summed E-state index contributed by atoms with van der Waals surface area (Å²) in [5, 5.41) is 13.6. The highest BCUT2D eigenvalue weighted by atomic mass is 19.2. The number of anilines is 1. The molecule has 0 amide bonds. The Morgan fingerprint density at radius 3 is 2.63 bits per heavy atom. The van der Waals surface area contributed by atoms with Crippen molar-refractivity contribution in [2.75, 3.05) is 5.32 Å². The summed E-state index contributed by atoms with van der Waals surface area (Å²) in [5.41, 5.74) is 5.01. The molecule has 3 N–H and O–H groups in total. The number of hydrogen-bond acceptors (Lipinski definition) is 4. The van der Waals surface area contributed by atoms with Crippen LogP contribution >= 0.6 is 0 Å². The molecule has 7 heteroatoms. The Hall–Kier alpha value is -1.76. The van der Waals surface area contributed by atoms with E-state index >= 15 is 0 Å². The lowest BCUT2D eigenvalue weighted by molar-refractivity contribution is -0.384. The minimum atomic E-state index is -1.23. The fourth-order valence-corrected chi connectivity index (χ4v) is 2.35. The van der Waals surface area contributed by atoms with Gasteiger partial charge < -0.3 is 11.1 Å². The molecular formula is C12H15F2N3O2. The van der Waals surface area contributed by atoms with Gasteiger partial charge in [-0.3, -0.25) is 10.1 Å². The van der Waals surface area contributed by atoms with Crippen LogP contribution in [0, 0.1) is 21.7 Å². The zero-order valence-corrected chi connectivity index (χ0v) is 10.2. The van der Waals surface area contributed by atoms with E-state index in [1.54, 1.807) is 0 Å². The molecule has 19 heavy (non-hydrogen) atoms. The van der Waals surface area contributed by atoms with Crippen LogP contribution in [0.3, 0.4) is 0 Å². The first-order valence-corrected chi connectivity index (χ1v) is 6.15. The van der Waals surface area contributed by atoms with Crippen LogP contribution in [0.5, 0.6) is 0 Å². The largest absolute Gasteiger partial charge is 0.373 e. The van der Waals surface area contributed by atoms with Gasteiger partial charge in [-0.25, -0.2) is 8.78 Å². The van der Waals surface area contributed by atoms with Crippen molar-refractivity contribution in [2.45, 2.75) is 37.8 Å². The first-order valence-electron chi connectivity index (χ1n) is 6.15. The summed E-state index contributed by atoms with van der Waals surface area (Å²) in [6, 6.07) is 1.22. The fourth-order valence-electron chi connectivity index (χ4n) is 2.35. The third-order valence-corrected chi connectivity index (χ3v) is 3.42. The molecule has 5 nitrogen and oxygen atoms in total. The number of nitrogens with two attached hydrogens (primary N) is 1. The normalized spacial score (nSPS) is 23.1. The second-order valence-corrected chi connectivity index (χ2v) is 4.71. The van der Waals surface area contributed by atoms with E-state index in [0.29, 0.717) is 6.42 Å². The number of nitro groups is 1. The molecule has 1 aliphatic rings. The molecule has 104 valence electrons. The van der Waals surface area contributed by atoms with E-state index in [0.717, 1.165) is 31.4 Å². The average molecular weight is 271 g/mol. The Bertz CT molecular complexity index is 496. The molecule has 0 bridgehead atoms. The second-order valence-electron chi connectivity index (χ2n) is 4.71. The summed E-state index contributed by atoms with van der Waals surface area (Å²) >= 11 is 0. The molecule has 1 saturated carbocycles. The van der Waals surface area contributed by atoms with E-state index in [2.05, 4.69) is 5.32 Å². The third kappa shape index (κ3) is 2.81. The number of nitro benzene ring substituents is 1. The topological polar surface area (TPSA) is 81.2 Å². The van der Waals surface area contributed by atoms with Gasteiger partial charge in [0.25, 0.3) is 5.69 Å². The maximum atomic E-state index is 13.7. The molecule has 0 aliphatic heterocycles. The summed E-state index contributed by atoms with van der Waals surface area (Å²) in [4.78, 5) is 10.1. The fraction of sp³-hybridized carbons (Fsp3) is 0.500. The molecule has 0 heterocycles. The smallest absolute Gasteiger partial charge is 0.295 e. The van der Waals surface area contributed by atoms with E-state index in [1.807, 2.05) is 0 Å². The predicted octanol–water partition coefficient (Wildman–Crippen LogP) is 2.55. The standard InChI is InChI=1S/C12H15F2N3O2/c13-7-5-6-10(17(18)19)12(11(7)14)16-9-4-2-1-3-8(9)15/h5-6,8-9,16H,1-4,15H2. The number of benzene rings is 1. The molecule has 0 spiro atoms. The van der Waals surface area contributed by atoms with Crippen LogP contribution in [0.1, 0.15) is 25.7 Å². The molecule has 1 aromatic carbocycles. The number of nitrogens with one attached hydrogen (secondary N) is 1. The van der Waals surface area contributed by atoms with Crippen LogP contribution in [0.15, 0.2) is 12.1 Å². The highest BCUT2D eigenvalue weighted by molar-refractivity contribution is 5.63. The van der Waals surface area contributed by atoms with Crippen LogP contribution < -0.4 is 11.1 Å². The minimum Gasteiger partial charge on any atom is -0.373 e. The molecule has 2 unspecified atom stereocenters. The molecule has 0 radical (unpaired) electrons. The van der Waals surface area contributed by atoms with Crippen molar-refractivity contribution in [3.05, 3.63) is 33.9 Å². The first kappa shape index (κ1) is 13.7. The molecule has 2 atom stereocenters. The highest BCUT2D eigenvalue weighted by Gasteiger charge is 2.27. The van der Waals surface area contributed by atoms with Gasteiger partial charge in [-0.05, 0) is 18.9 Å². The van der Waals surface area contributed by atoms with Gasteiger partial charge in [0.15, 0.2) is 17.3 Å². The van der Waals surface area contributed by atoms with E-state index < -0.39 is 27.9 Å². The average Bonchev–Trinajstić information content (AvgIpc) is 2.37. The summed E-state index contributed by atoms with van der Waals surface area (Å²) in [6.07, 6.45) is 3.35. The lowest BCUT2D eigenvalue weighted by Gasteiger charge is -2.30. The van der Waals surface area contributed by atoms with Crippen LogP contribution in [-0.4, -0.2) is 17.0 Å². The molecule has 2 rings (SSSR count). The summed E-state index contributed by atoms with van der Waals surface area (Å²) < 4.78 is 26.9. The Morgan fingerprint density at radius 2 is 2.00 bits per heavy atom. The summed E-state index contributed by atoms with van der Waals surface area (Å²) in [6.45, 7) is 0. The lowest BCUT2D eigenvalue weighted by Crippen LogP contribution is -2.42. The molecule has 1 fully saturated rings. The van der Waals surface area contributed by atoms with Crippen LogP contribution in [0.4, 0.5) is 20.2 Å². The van der Waals surface area contributed by atoms with E-state index in [-0.39, 0.29) is 12.1 Å². The van der Waals surface area contributed by atoms with Gasteiger partial charge in [0.05, 0.1) is 4.92 Å². The van der Waals surface area contributed by atoms with Gasteiger partial charge in [0.1, 0.15) is 0 Å². The van der Waals surface area contributed by atoms with Crippen LogP contribution in [0.25, 0.3) is 0 Å². The monoisotopic (exact) mass is 271 g/mol. The Morgan fingerprint density at radius 1 is 1.32 bits per heavy atom. The van der Waals surface area contributed by atoms with Gasteiger partial charge in [-0.1, -0.05) is 12.8 Å². The maximum Gasteiger partial charge on any atom is 0.295 e. The van der Waals surface area contributed by atoms with Gasteiger partial charge in [-0.2, -0.15) is 0 Å². The zero-order valence-electron chi connectivity index (χ0n) is 10.2. The molecule has 1 aliphatic carbocycles. The minimum absolute atomic E-state index is 0.212. The number of nitrogens with zero attached hydrogens (tertiary/aromatic N) is 1. The third-order valence-electron chi connectivity index (χ3n) is 3.42. The van der Waals surface area contributed by atoms with Gasteiger partial charge >= 0.3 is 0 Å². The van der Waals surface area contributed by atoms with Crippen molar-refractivity contribution >= 4 is 11.4 Å². The summed E-state index contributed by atoms with van der Waals surface area (Å²) in [7, 11) is 0. The van der Waals surface area contributed by atoms with Crippen molar-refractivity contribution in [3.8, 4) is 0 Å². The highest BCUT2D eigenvalue weighted by Crippen LogP contribution is 2.31. The molecule has 1 aromatic rings. The lowest BCUT2D eigenvalue weighted by atomic mass is 9.91. The summed E-state index contributed by atoms with van der Waals surface area (Å²) in [5.74, 6) is -2.34. The molecular weight excluding hydrogens is 256 g/mol. The van der Waals surface area contributed by atoms with Crippen molar-refractivity contribution < 1.29 is 13.7 Å².